The van der Waals surface area contributed by atoms with Crippen molar-refractivity contribution in [2.75, 3.05) is 26.2 Å². The van der Waals surface area contributed by atoms with Crippen LogP contribution in [0, 0.1) is 39.9 Å². The van der Waals surface area contributed by atoms with Crippen LogP contribution in [0.25, 0.3) is 0 Å². The maximum absolute atomic E-state index is 14.0. The van der Waals surface area contributed by atoms with Crippen LogP contribution in [-0.2, 0) is 4.79 Å². The molecule has 8 saturated carbocycles. The monoisotopic (exact) mass is 410 g/mol. The van der Waals surface area contributed by atoms with Gasteiger partial charge in [0.25, 0.3) is 0 Å². The summed E-state index contributed by atoms with van der Waals surface area (Å²) in [5.74, 6) is 4.43. The molecule has 30 heavy (non-hydrogen) atoms. The molecule has 1 aliphatic heterocycles. The molecule has 0 aromatic carbocycles. The van der Waals surface area contributed by atoms with Crippen molar-refractivity contribution in [2.45, 2.75) is 96.4 Å². The summed E-state index contributed by atoms with van der Waals surface area (Å²) in [4.78, 5) is 19.2. The van der Waals surface area contributed by atoms with Crippen molar-refractivity contribution in [1.29, 1.82) is 0 Å². The van der Waals surface area contributed by atoms with E-state index in [1.54, 1.807) is 0 Å². The zero-order valence-electron chi connectivity index (χ0n) is 19.4. The molecule has 0 radical (unpaired) electrons. The molecule has 8 aliphatic carbocycles. The van der Waals surface area contributed by atoms with Crippen molar-refractivity contribution in [3.8, 4) is 0 Å². The third-order valence-corrected chi connectivity index (χ3v) is 11.3. The van der Waals surface area contributed by atoms with Crippen LogP contribution < -0.4 is 0 Å². The number of carbonyl (C=O) groups is 1. The molecule has 1 saturated heterocycles. The average molecular weight is 411 g/mol. The Kier molecular flexibility index (Phi) is 3.70. The molecule has 2 atom stereocenters. The van der Waals surface area contributed by atoms with Crippen LogP contribution in [0.5, 0.6) is 0 Å². The van der Waals surface area contributed by atoms with Crippen LogP contribution in [-0.4, -0.2) is 47.4 Å². The lowest BCUT2D eigenvalue weighted by Crippen LogP contribution is -2.66. The highest BCUT2D eigenvalue weighted by atomic mass is 16.2. The Morgan fingerprint density at radius 2 is 1.20 bits per heavy atom. The van der Waals surface area contributed by atoms with Gasteiger partial charge in [-0.15, -0.1) is 0 Å². The van der Waals surface area contributed by atoms with E-state index in [4.69, 9.17) is 0 Å². The van der Waals surface area contributed by atoms with Gasteiger partial charge in [-0.1, -0.05) is 13.8 Å². The van der Waals surface area contributed by atoms with Gasteiger partial charge in [-0.25, -0.2) is 0 Å². The molecule has 1 amide bonds. The van der Waals surface area contributed by atoms with Crippen molar-refractivity contribution in [1.82, 2.24) is 9.80 Å². The van der Waals surface area contributed by atoms with Crippen molar-refractivity contribution in [3.63, 3.8) is 0 Å². The summed E-state index contributed by atoms with van der Waals surface area (Å²) in [7, 11) is 0. The van der Waals surface area contributed by atoms with Crippen molar-refractivity contribution >= 4 is 5.91 Å². The fraction of sp³-hybridized carbons (Fsp3) is 0.963. The van der Waals surface area contributed by atoms with E-state index in [0.717, 1.165) is 49.9 Å². The number of amides is 1. The number of rotatable bonds is 2. The minimum Gasteiger partial charge on any atom is -0.340 e. The van der Waals surface area contributed by atoms with E-state index in [9.17, 15) is 4.79 Å². The molecule has 0 aromatic heterocycles. The zero-order chi connectivity index (χ0) is 20.4. The minimum absolute atomic E-state index is 0.00816. The molecular weight excluding hydrogens is 368 g/mol. The summed E-state index contributed by atoms with van der Waals surface area (Å²) in [6, 6.07) is 0. The first-order valence-corrected chi connectivity index (χ1v) is 13.3. The summed E-state index contributed by atoms with van der Waals surface area (Å²) in [6.07, 6.45) is 16.7. The van der Waals surface area contributed by atoms with Gasteiger partial charge in [0, 0.05) is 31.7 Å². The maximum atomic E-state index is 14.0. The number of nitrogens with zero attached hydrogens (tertiary/aromatic N) is 2. The number of carbonyl (C=O) groups excluding carboxylic acids is 1. The molecule has 1 heterocycles. The van der Waals surface area contributed by atoms with E-state index in [1.807, 2.05) is 0 Å². The Bertz CT molecular complexity index is 712. The largest absolute Gasteiger partial charge is 0.340 e. The van der Waals surface area contributed by atoms with Gasteiger partial charge in [-0.2, -0.15) is 0 Å². The summed E-state index contributed by atoms with van der Waals surface area (Å²) >= 11 is 0. The van der Waals surface area contributed by atoms with E-state index in [-0.39, 0.29) is 5.41 Å². The standard InChI is InChI=1S/C27H42N2O/c1-24-10-22-11-25(2,16-24)18-26(12-22,17-24)23(30)28-3-5-29(6-4-28)27-13-19-7-20(14-27)9-21(8-19)15-27/h19-22H,3-18H2,1-2H3/t19?,20?,21?,22?,24-,25-,26?,27?/m0/s1. The number of hydrogen-bond donors (Lipinski definition) is 0. The summed E-state index contributed by atoms with van der Waals surface area (Å²) in [6.45, 7) is 9.30. The molecule has 9 rings (SSSR count). The molecule has 0 aromatic rings. The molecule has 0 spiro atoms. The molecule has 8 bridgehead atoms. The molecule has 0 N–H and O–H groups in total. The van der Waals surface area contributed by atoms with Crippen molar-refractivity contribution in [3.05, 3.63) is 0 Å². The van der Waals surface area contributed by atoms with E-state index in [0.29, 0.717) is 22.3 Å². The first-order chi connectivity index (χ1) is 14.3. The Morgan fingerprint density at radius 1 is 0.667 bits per heavy atom. The van der Waals surface area contributed by atoms with Crippen molar-refractivity contribution in [2.24, 2.45) is 39.9 Å². The summed E-state index contributed by atoms with van der Waals surface area (Å²) in [5.41, 5.74) is 1.38. The van der Waals surface area contributed by atoms with E-state index in [2.05, 4.69) is 23.6 Å². The van der Waals surface area contributed by atoms with Crippen LogP contribution in [0.3, 0.4) is 0 Å². The SMILES string of the molecule is C[C@@]12CC3CC(C(=O)N4CCN(C56CC7CC(CC(C7)C5)C6)CC4)(C1)C[C@@](C)(C3)C2. The molecule has 166 valence electrons. The topological polar surface area (TPSA) is 23.6 Å². The van der Waals surface area contributed by atoms with Gasteiger partial charge in [0.1, 0.15) is 0 Å². The second kappa shape index (κ2) is 5.86. The van der Waals surface area contributed by atoms with Crippen LogP contribution in [0.2, 0.25) is 0 Å². The van der Waals surface area contributed by atoms with Gasteiger partial charge in [0.15, 0.2) is 0 Å². The highest BCUT2D eigenvalue weighted by molar-refractivity contribution is 5.83. The number of hydrogen-bond acceptors (Lipinski definition) is 2. The van der Waals surface area contributed by atoms with Crippen LogP contribution in [0.4, 0.5) is 0 Å². The molecule has 9 fully saturated rings. The first-order valence-electron chi connectivity index (χ1n) is 13.3. The lowest BCUT2D eigenvalue weighted by Gasteiger charge is -2.65. The quantitative estimate of drug-likeness (QED) is 0.632. The summed E-state index contributed by atoms with van der Waals surface area (Å²) in [5, 5.41) is 0. The number of piperazine rings is 1. The predicted molar refractivity (Wildman–Crippen MR) is 119 cm³/mol. The second-order valence-electron chi connectivity index (χ2n) is 14.3. The third-order valence-electron chi connectivity index (χ3n) is 11.3. The smallest absolute Gasteiger partial charge is 0.228 e. The highest BCUT2D eigenvalue weighted by Gasteiger charge is 2.63. The Hall–Kier alpha value is -0.570. The van der Waals surface area contributed by atoms with Gasteiger partial charge in [-0.05, 0) is 112 Å². The minimum atomic E-state index is -0.00816. The lowest BCUT2D eigenvalue weighted by molar-refractivity contribution is -0.182. The lowest BCUT2D eigenvalue weighted by atomic mass is 9.40. The zero-order valence-corrected chi connectivity index (χ0v) is 19.4. The molecule has 9 aliphatic rings. The predicted octanol–water partition coefficient (Wildman–Crippen LogP) is 5.10. The fourth-order valence-electron chi connectivity index (χ4n) is 11.9. The normalized spacial score (nSPS) is 56.7. The molecule has 3 heteroatoms. The molecular formula is C27H42N2O. The fourth-order valence-corrected chi connectivity index (χ4v) is 11.9. The Labute approximate surface area is 183 Å². The third kappa shape index (κ3) is 2.63. The van der Waals surface area contributed by atoms with Gasteiger partial charge in [0.2, 0.25) is 5.91 Å². The van der Waals surface area contributed by atoms with Gasteiger partial charge >= 0.3 is 0 Å². The van der Waals surface area contributed by atoms with Crippen molar-refractivity contribution < 1.29 is 4.79 Å². The highest BCUT2D eigenvalue weighted by Crippen LogP contribution is 2.70. The van der Waals surface area contributed by atoms with Crippen LogP contribution in [0.1, 0.15) is 90.9 Å². The molecule has 0 unspecified atom stereocenters. The van der Waals surface area contributed by atoms with E-state index in [1.165, 1.54) is 77.0 Å². The van der Waals surface area contributed by atoms with Gasteiger partial charge < -0.3 is 4.90 Å². The van der Waals surface area contributed by atoms with E-state index < -0.39 is 0 Å². The van der Waals surface area contributed by atoms with Gasteiger partial charge in [0.05, 0.1) is 5.41 Å². The Morgan fingerprint density at radius 3 is 1.70 bits per heavy atom. The van der Waals surface area contributed by atoms with E-state index >= 15 is 0 Å². The second-order valence-corrected chi connectivity index (χ2v) is 14.3. The summed E-state index contributed by atoms with van der Waals surface area (Å²) < 4.78 is 0. The Balaban J connectivity index is 1.07. The first kappa shape index (κ1) is 18.9. The van der Waals surface area contributed by atoms with Crippen LogP contribution in [0.15, 0.2) is 0 Å². The van der Waals surface area contributed by atoms with Gasteiger partial charge in [-0.3, -0.25) is 9.69 Å². The average Bonchev–Trinajstić information content (AvgIpc) is 2.63. The molecule has 3 nitrogen and oxygen atoms in total. The maximum Gasteiger partial charge on any atom is 0.228 e. The van der Waals surface area contributed by atoms with Crippen LogP contribution >= 0.6 is 0 Å².